The first-order chi connectivity index (χ1) is 19.2. The third-order valence-corrected chi connectivity index (χ3v) is 8.66. The van der Waals surface area contributed by atoms with Gasteiger partial charge < -0.3 is 19.7 Å². The van der Waals surface area contributed by atoms with Crippen molar-refractivity contribution in [1.29, 1.82) is 0 Å². The van der Waals surface area contributed by atoms with Crippen LogP contribution in [0.4, 0.5) is 0 Å². The fourth-order valence-corrected chi connectivity index (χ4v) is 6.78. The highest BCUT2D eigenvalue weighted by atomic mass is 35.5. The molecule has 0 spiro atoms. The molecular formula is C31H40ClNO7. The van der Waals surface area contributed by atoms with Crippen LogP contribution in [0.3, 0.4) is 0 Å². The zero-order chi connectivity index (χ0) is 28.8. The van der Waals surface area contributed by atoms with Crippen molar-refractivity contribution in [1.82, 2.24) is 4.90 Å². The zero-order valence-electron chi connectivity index (χ0n) is 23.4. The molecule has 2 heterocycles. The molecule has 2 saturated heterocycles. The maximum atomic E-state index is 13.5. The fraction of sp³-hybridized carbons (Fsp3) is 0.581. The van der Waals surface area contributed by atoms with Gasteiger partial charge in [-0.3, -0.25) is 19.3 Å². The van der Waals surface area contributed by atoms with Gasteiger partial charge in [-0.15, -0.1) is 0 Å². The predicted molar refractivity (Wildman–Crippen MR) is 152 cm³/mol. The second-order valence-electron chi connectivity index (χ2n) is 11.1. The van der Waals surface area contributed by atoms with Gasteiger partial charge in [-0.25, -0.2) is 0 Å². The van der Waals surface area contributed by atoms with Crippen LogP contribution in [0, 0.1) is 17.8 Å². The number of unbranched alkanes of at least 4 members (excludes halogenated alkanes) is 2. The van der Waals surface area contributed by atoms with E-state index in [1.807, 2.05) is 6.07 Å². The normalized spacial score (nSPS) is 24.6. The molecule has 4 rings (SSSR count). The van der Waals surface area contributed by atoms with Crippen LogP contribution in [0.15, 0.2) is 34.9 Å². The van der Waals surface area contributed by atoms with E-state index in [2.05, 4.69) is 13.0 Å². The number of fused-ring (bicyclic) bond motifs is 3. The van der Waals surface area contributed by atoms with Crippen molar-refractivity contribution in [3.8, 4) is 5.75 Å². The Morgan fingerprint density at radius 2 is 1.95 bits per heavy atom. The molecule has 0 radical (unpaired) electrons. The summed E-state index contributed by atoms with van der Waals surface area (Å²) in [6.07, 6.45) is 7.81. The SMILES string of the molecule is CCC/C(=C\c1ccc(O)cc1Cl)CC[C@H]1OC[C@H]2C1=C(COC)C[C@H]1C(=O)N(CCCCCC(=O)O)C(=O)[C@H]12. The Morgan fingerprint density at radius 3 is 2.65 bits per heavy atom. The highest BCUT2D eigenvalue weighted by Gasteiger charge is 2.56. The number of ether oxygens (including phenoxy) is 2. The van der Waals surface area contributed by atoms with Gasteiger partial charge in [0.05, 0.1) is 36.2 Å². The molecule has 2 aliphatic heterocycles. The van der Waals surface area contributed by atoms with Crippen molar-refractivity contribution < 1.29 is 34.1 Å². The number of carbonyl (C=O) groups excluding carboxylic acids is 2. The van der Waals surface area contributed by atoms with E-state index in [9.17, 15) is 19.5 Å². The molecule has 218 valence electrons. The maximum Gasteiger partial charge on any atom is 0.303 e. The number of rotatable bonds is 14. The molecule has 0 aromatic heterocycles. The molecule has 4 atom stereocenters. The lowest BCUT2D eigenvalue weighted by atomic mass is 9.69. The molecule has 9 heteroatoms. The zero-order valence-corrected chi connectivity index (χ0v) is 24.1. The number of nitrogens with zero attached hydrogens (tertiary/aromatic N) is 1. The molecule has 1 aromatic carbocycles. The Kier molecular flexibility index (Phi) is 10.4. The minimum atomic E-state index is -0.833. The summed E-state index contributed by atoms with van der Waals surface area (Å²) in [6.45, 7) is 3.29. The molecule has 3 aliphatic rings. The smallest absolute Gasteiger partial charge is 0.303 e. The Bertz CT molecular complexity index is 1180. The number of halogens is 1. The van der Waals surface area contributed by atoms with E-state index in [1.165, 1.54) is 10.5 Å². The average molecular weight is 574 g/mol. The summed E-state index contributed by atoms with van der Waals surface area (Å²) in [5.41, 5.74) is 4.31. The molecule has 0 unspecified atom stereocenters. The van der Waals surface area contributed by atoms with Crippen LogP contribution in [-0.2, 0) is 23.9 Å². The van der Waals surface area contributed by atoms with Gasteiger partial charge in [0.25, 0.3) is 0 Å². The first kappa shape index (κ1) is 30.3. The summed E-state index contributed by atoms with van der Waals surface area (Å²) >= 11 is 6.36. The molecule has 1 aromatic rings. The van der Waals surface area contributed by atoms with Crippen molar-refractivity contribution in [2.45, 2.75) is 70.8 Å². The van der Waals surface area contributed by atoms with Gasteiger partial charge in [-0.2, -0.15) is 0 Å². The molecule has 1 aliphatic carbocycles. The van der Waals surface area contributed by atoms with Gasteiger partial charge in [0.2, 0.25) is 11.8 Å². The average Bonchev–Trinajstić information content (AvgIpc) is 3.43. The number of phenolic OH excluding ortho intramolecular Hbond substituents is 1. The van der Waals surface area contributed by atoms with E-state index in [1.54, 1.807) is 19.2 Å². The van der Waals surface area contributed by atoms with Crippen molar-refractivity contribution in [3.05, 3.63) is 45.5 Å². The third kappa shape index (κ3) is 6.78. The fourth-order valence-electron chi connectivity index (χ4n) is 6.55. The number of carboxylic acid groups (broad SMARTS) is 1. The molecule has 0 bridgehead atoms. The number of phenols is 1. The number of hydrogen-bond donors (Lipinski definition) is 2. The molecule has 2 amide bonds. The Labute approximate surface area is 241 Å². The van der Waals surface area contributed by atoms with Crippen molar-refractivity contribution >= 4 is 35.5 Å². The van der Waals surface area contributed by atoms with E-state index >= 15 is 0 Å². The maximum absolute atomic E-state index is 13.5. The summed E-state index contributed by atoms with van der Waals surface area (Å²) in [5.74, 6) is -1.87. The lowest BCUT2D eigenvalue weighted by Crippen LogP contribution is -2.35. The number of imide groups is 1. The number of likely N-dealkylation sites (tertiary alicyclic amines) is 1. The van der Waals surface area contributed by atoms with Gasteiger partial charge in [-0.1, -0.05) is 43.0 Å². The van der Waals surface area contributed by atoms with Gasteiger partial charge in [-0.05, 0) is 73.4 Å². The summed E-state index contributed by atoms with van der Waals surface area (Å²) < 4.78 is 11.9. The van der Waals surface area contributed by atoms with Crippen LogP contribution < -0.4 is 0 Å². The molecule has 2 N–H and O–H groups in total. The monoisotopic (exact) mass is 573 g/mol. The molecule has 0 saturated carbocycles. The molecular weight excluding hydrogens is 534 g/mol. The molecule has 8 nitrogen and oxygen atoms in total. The van der Waals surface area contributed by atoms with E-state index in [0.717, 1.165) is 42.4 Å². The minimum absolute atomic E-state index is 0.0960. The second-order valence-corrected chi connectivity index (χ2v) is 11.5. The van der Waals surface area contributed by atoms with Crippen molar-refractivity contribution in [3.63, 3.8) is 0 Å². The first-order valence-electron chi connectivity index (χ1n) is 14.3. The van der Waals surface area contributed by atoms with Crippen LogP contribution in [-0.4, -0.2) is 65.9 Å². The van der Waals surface area contributed by atoms with E-state index in [4.69, 9.17) is 26.2 Å². The number of allylic oxidation sites excluding steroid dienone is 1. The number of carboxylic acids is 1. The third-order valence-electron chi connectivity index (χ3n) is 8.33. The standard InChI is InChI=1S/C31H40ClNO7/c1-3-7-19(14-20-10-11-22(34)16-25(20)32)9-12-26-28-21(17-39-2)15-23-29(24(28)18-40-26)31(38)33(30(23)37)13-6-4-5-8-27(35)36/h10-11,14,16,23-24,26,29,34H,3-9,12-13,15,17-18H2,1-2H3,(H,35,36)/b19-14+/t23-,24+,26-,29-/m1/s1. The Morgan fingerprint density at radius 1 is 1.15 bits per heavy atom. The summed E-state index contributed by atoms with van der Waals surface area (Å²) in [5, 5.41) is 19.0. The number of benzene rings is 1. The number of aromatic hydroxyl groups is 1. The van der Waals surface area contributed by atoms with Crippen LogP contribution in [0.25, 0.3) is 6.08 Å². The molecule has 2 fully saturated rings. The van der Waals surface area contributed by atoms with Crippen LogP contribution in [0.2, 0.25) is 5.02 Å². The topological polar surface area (TPSA) is 113 Å². The highest BCUT2D eigenvalue weighted by molar-refractivity contribution is 6.32. The van der Waals surface area contributed by atoms with E-state index in [-0.39, 0.29) is 41.9 Å². The summed E-state index contributed by atoms with van der Waals surface area (Å²) in [7, 11) is 1.65. The van der Waals surface area contributed by atoms with Gasteiger partial charge in [0.15, 0.2) is 0 Å². The minimum Gasteiger partial charge on any atom is -0.508 e. The van der Waals surface area contributed by atoms with Gasteiger partial charge >= 0.3 is 5.97 Å². The van der Waals surface area contributed by atoms with Gasteiger partial charge in [0.1, 0.15) is 5.75 Å². The molecule has 40 heavy (non-hydrogen) atoms. The Hall–Kier alpha value is -2.68. The largest absolute Gasteiger partial charge is 0.508 e. The lowest BCUT2D eigenvalue weighted by Gasteiger charge is -2.31. The predicted octanol–water partition coefficient (Wildman–Crippen LogP) is 5.62. The number of amides is 2. The number of methoxy groups -OCH3 is 1. The second kappa shape index (κ2) is 13.8. The first-order valence-corrected chi connectivity index (χ1v) is 14.7. The van der Waals surface area contributed by atoms with E-state index < -0.39 is 11.9 Å². The van der Waals surface area contributed by atoms with Crippen molar-refractivity contribution in [2.75, 3.05) is 26.9 Å². The van der Waals surface area contributed by atoms with Crippen LogP contribution in [0.5, 0.6) is 5.75 Å². The number of aliphatic carboxylic acids is 1. The van der Waals surface area contributed by atoms with Gasteiger partial charge in [0, 0.05) is 26.0 Å². The number of carbonyl (C=O) groups is 3. The van der Waals surface area contributed by atoms with Crippen LogP contribution >= 0.6 is 11.6 Å². The highest BCUT2D eigenvalue weighted by Crippen LogP contribution is 2.50. The number of hydrogen-bond acceptors (Lipinski definition) is 6. The van der Waals surface area contributed by atoms with E-state index in [0.29, 0.717) is 50.5 Å². The summed E-state index contributed by atoms with van der Waals surface area (Å²) in [6, 6.07) is 4.99. The lowest BCUT2D eigenvalue weighted by molar-refractivity contribution is -0.141. The Balaban J connectivity index is 1.47. The summed E-state index contributed by atoms with van der Waals surface area (Å²) in [4.78, 5) is 39.0. The van der Waals surface area contributed by atoms with Crippen LogP contribution in [0.1, 0.15) is 70.3 Å². The van der Waals surface area contributed by atoms with Crippen molar-refractivity contribution in [2.24, 2.45) is 17.8 Å². The quantitative estimate of drug-likeness (QED) is 0.169.